The van der Waals surface area contributed by atoms with Crippen LogP contribution in [0.15, 0.2) is 30.6 Å². The minimum Gasteiger partial charge on any atom is -0.507 e. The van der Waals surface area contributed by atoms with Gasteiger partial charge in [-0.2, -0.15) is 5.10 Å². The molecule has 2 aliphatic carbocycles. The second-order valence-electron chi connectivity index (χ2n) is 10.2. The average molecular weight is 440 g/mol. The molecule has 2 fully saturated rings. The smallest absolute Gasteiger partial charge is 0.172 e. The van der Waals surface area contributed by atoms with Crippen LogP contribution < -0.4 is 4.90 Å². The Labute approximate surface area is 185 Å². The van der Waals surface area contributed by atoms with Gasteiger partial charge in [0.2, 0.25) is 0 Å². The van der Waals surface area contributed by atoms with Crippen molar-refractivity contribution < 1.29 is 13.9 Å². The van der Waals surface area contributed by atoms with Crippen molar-refractivity contribution in [1.82, 2.24) is 20.4 Å². The molecule has 32 heavy (non-hydrogen) atoms. The summed E-state index contributed by atoms with van der Waals surface area (Å²) in [4.78, 5) is 2.15. The second-order valence-corrected chi connectivity index (χ2v) is 10.2. The summed E-state index contributed by atoms with van der Waals surface area (Å²) in [5.74, 6) is -1.95. The van der Waals surface area contributed by atoms with Crippen LogP contribution in [-0.2, 0) is 0 Å². The molecule has 0 aliphatic heterocycles. The minimum atomic E-state index is -1.17. The number of aromatic nitrogens is 4. The van der Waals surface area contributed by atoms with Gasteiger partial charge in [-0.15, -0.1) is 10.2 Å². The molecule has 0 amide bonds. The molecule has 5 rings (SSSR count). The topological polar surface area (TPSA) is 77.9 Å². The van der Waals surface area contributed by atoms with Crippen molar-refractivity contribution in [1.29, 1.82) is 0 Å². The van der Waals surface area contributed by atoms with E-state index in [4.69, 9.17) is 0 Å². The average Bonchev–Trinajstić information content (AvgIpc) is 3.36. The summed E-state index contributed by atoms with van der Waals surface area (Å²) in [6.07, 6.45) is 8.80. The number of halogens is 2. The van der Waals surface area contributed by atoms with Crippen molar-refractivity contribution in [3.8, 4) is 28.1 Å². The zero-order valence-electron chi connectivity index (χ0n) is 18.5. The van der Waals surface area contributed by atoms with Gasteiger partial charge in [-0.3, -0.25) is 5.10 Å². The molecule has 2 aliphatic rings. The monoisotopic (exact) mass is 439 g/mol. The molecule has 0 spiro atoms. The maximum atomic E-state index is 14.9. The number of hydrogen-bond donors (Lipinski definition) is 2. The summed E-state index contributed by atoms with van der Waals surface area (Å²) in [5, 5.41) is 25.2. The van der Waals surface area contributed by atoms with E-state index in [1.807, 2.05) is 7.05 Å². The van der Waals surface area contributed by atoms with Gasteiger partial charge in [0.25, 0.3) is 0 Å². The summed E-state index contributed by atoms with van der Waals surface area (Å²) in [6.45, 7) is 4.75. The van der Waals surface area contributed by atoms with Crippen LogP contribution in [0, 0.1) is 22.5 Å². The van der Waals surface area contributed by atoms with Gasteiger partial charge in [-0.1, -0.05) is 13.8 Å². The quantitative estimate of drug-likeness (QED) is 0.576. The Bertz CT molecular complexity index is 1130. The van der Waals surface area contributed by atoms with Gasteiger partial charge in [0, 0.05) is 30.4 Å². The number of nitrogens with zero attached hydrogens (tertiary/aromatic N) is 4. The Hall–Kier alpha value is -3.03. The number of aromatic hydroxyl groups is 1. The van der Waals surface area contributed by atoms with Crippen LogP contribution >= 0.6 is 0 Å². The van der Waals surface area contributed by atoms with Crippen LogP contribution in [0.3, 0.4) is 0 Å². The SMILES string of the molecule is CN(c1ccc(-c2c(O)cc(-c3cn[nH]c3)c(F)c2F)nn1)[C@H]1C[C@]2(C)CC[C@](C)(C1)C2. The lowest BCUT2D eigenvalue weighted by atomic mass is 9.68. The predicted molar refractivity (Wildman–Crippen MR) is 118 cm³/mol. The van der Waals surface area contributed by atoms with E-state index < -0.39 is 17.4 Å². The number of fused-ring (bicyclic) bond motifs is 2. The molecular weight excluding hydrogens is 412 g/mol. The van der Waals surface area contributed by atoms with Crippen molar-refractivity contribution in [3.63, 3.8) is 0 Å². The van der Waals surface area contributed by atoms with Crippen LogP contribution in [0.25, 0.3) is 22.4 Å². The molecule has 3 atom stereocenters. The molecule has 8 heteroatoms. The highest BCUT2D eigenvalue weighted by atomic mass is 19.2. The number of phenolic OH excluding ortho intramolecular Hbond substituents is 1. The first-order chi connectivity index (χ1) is 15.2. The zero-order chi connectivity index (χ0) is 22.7. The van der Waals surface area contributed by atoms with Gasteiger partial charge in [0.15, 0.2) is 17.5 Å². The summed E-state index contributed by atoms with van der Waals surface area (Å²) >= 11 is 0. The number of nitrogens with one attached hydrogen (secondary N) is 1. The molecule has 168 valence electrons. The third kappa shape index (κ3) is 3.42. The van der Waals surface area contributed by atoms with E-state index in [2.05, 4.69) is 39.1 Å². The molecule has 2 aromatic heterocycles. The Balaban J connectivity index is 1.42. The Morgan fingerprint density at radius 2 is 1.81 bits per heavy atom. The number of anilines is 1. The fraction of sp³-hybridized carbons (Fsp3) is 0.458. The lowest BCUT2D eigenvalue weighted by molar-refractivity contribution is 0.148. The molecule has 0 radical (unpaired) electrons. The molecule has 2 bridgehead atoms. The Kier molecular flexibility index (Phi) is 4.72. The molecule has 2 heterocycles. The summed E-state index contributed by atoms with van der Waals surface area (Å²) < 4.78 is 29.6. The number of hydrogen-bond acceptors (Lipinski definition) is 5. The normalized spacial score (nSPS) is 27.0. The third-order valence-electron chi connectivity index (χ3n) is 7.45. The largest absolute Gasteiger partial charge is 0.507 e. The van der Waals surface area contributed by atoms with E-state index >= 15 is 0 Å². The highest BCUT2D eigenvalue weighted by Gasteiger charge is 2.50. The number of phenols is 1. The van der Waals surface area contributed by atoms with Crippen molar-refractivity contribution in [2.45, 2.75) is 52.0 Å². The van der Waals surface area contributed by atoms with E-state index in [0.29, 0.717) is 28.3 Å². The lowest BCUT2D eigenvalue weighted by Gasteiger charge is -2.44. The molecule has 0 saturated heterocycles. The predicted octanol–water partition coefficient (Wildman–Crippen LogP) is 5.31. The van der Waals surface area contributed by atoms with Crippen molar-refractivity contribution in [2.75, 3.05) is 11.9 Å². The zero-order valence-corrected chi connectivity index (χ0v) is 18.5. The van der Waals surface area contributed by atoms with Crippen LogP contribution in [0.1, 0.15) is 46.0 Å². The minimum absolute atomic E-state index is 0.0734. The molecule has 1 aromatic carbocycles. The van der Waals surface area contributed by atoms with E-state index in [-0.39, 0.29) is 16.8 Å². The Morgan fingerprint density at radius 3 is 2.41 bits per heavy atom. The Morgan fingerprint density at radius 1 is 1.09 bits per heavy atom. The first-order valence-corrected chi connectivity index (χ1v) is 11.0. The highest BCUT2D eigenvalue weighted by molar-refractivity contribution is 5.75. The van der Waals surface area contributed by atoms with Gasteiger partial charge in [-0.25, -0.2) is 8.78 Å². The van der Waals surface area contributed by atoms with E-state index in [0.717, 1.165) is 12.8 Å². The van der Waals surface area contributed by atoms with Crippen LogP contribution in [-0.4, -0.2) is 38.6 Å². The van der Waals surface area contributed by atoms with Crippen molar-refractivity contribution in [2.24, 2.45) is 10.8 Å². The number of H-pyrrole nitrogens is 1. The van der Waals surface area contributed by atoms with Gasteiger partial charge < -0.3 is 10.0 Å². The third-order valence-corrected chi connectivity index (χ3v) is 7.45. The second kappa shape index (κ2) is 7.25. The van der Waals surface area contributed by atoms with Gasteiger partial charge >= 0.3 is 0 Å². The molecule has 6 nitrogen and oxygen atoms in total. The van der Waals surface area contributed by atoms with Gasteiger partial charge in [0.05, 0.1) is 17.5 Å². The standard InChI is InChI=1S/C24H27F2N5O/c1-23-6-7-24(2,13-23)10-15(9-23)31(3)19-5-4-17(29-30-19)20-18(32)8-16(21(25)22(20)26)14-11-27-28-12-14/h4-5,8,11-12,15,32H,6-7,9-10,13H2,1-3H3,(H,27,28)/t15-,23-,24+. The maximum Gasteiger partial charge on any atom is 0.172 e. The molecular formula is C24H27F2N5O. The number of benzene rings is 1. The van der Waals surface area contributed by atoms with Crippen LogP contribution in [0.2, 0.25) is 0 Å². The van der Waals surface area contributed by atoms with E-state index in [1.54, 1.807) is 12.1 Å². The molecule has 2 N–H and O–H groups in total. The fourth-order valence-electron chi connectivity index (χ4n) is 5.94. The van der Waals surface area contributed by atoms with E-state index in [1.165, 1.54) is 37.7 Å². The number of rotatable bonds is 4. The van der Waals surface area contributed by atoms with Crippen LogP contribution in [0.5, 0.6) is 5.75 Å². The van der Waals surface area contributed by atoms with Crippen molar-refractivity contribution in [3.05, 3.63) is 42.2 Å². The van der Waals surface area contributed by atoms with Gasteiger partial charge in [0.1, 0.15) is 5.75 Å². The van der Waals surface area contributed by atoms with Gasteiger partial charge in [-0.05, 0) is 61.1 Å². The number of aromatic amines is 1. The van der Waals surface area contributed by atoms with Crippen molar-refractivity contribution >= 4 is 5.82 Å². The van der Waals surface area contributed by atoms with E-state index in [9.17, 15) is 13.9 Å². The molecule has 3 aromatic rings. The molecule has 2 saturated carbocycles. The summed E-state index contributed by atoms with van der Waals surface area (Å²) in [6, 6.07) is 4.87. The summed E-state index contributed by atoms with van der Waals surface area (Å²) in [5.41, 5.74) is 0.779. The molecule has 0 unspecified atom stereocenters. The summed E-state index contributed by atoms with van der Waals surface area (Å²) in [7, 11) is 2.02. The first-order valence-electron chi connectivity index (χ1n) is 11.0. The highest BCUT2D eigenvalue weighted by Crippen LogP contribution is 2.58. The fourth-order valence-corrected chi connectivity index (χ4v) is 5.94. The van der Waals surface area contributed by atoms with Crippen LogP contribution in [0.4, 0.5) is 14.6 Å². The lowest BCUT2D eigenvalue weighted by Crippen LogP contribution is -2.42. The first kappa shape index (κ1) is 20.8. The maximum absolute atomic E-state index is 14.9.